The van der Waals surface area contributed by atoms with Crippen LogP contribution in [0.4, 0.5) is 5.69 Å². The van der Waals surface area contributed by atoms with Crippen LogP contribution in [0.25, 0.3) is 10.2 Å². The van der Waals surface area contributed by atoms with Gasteiger partial charge in [-0.15, -0.1) is 23.1 Å². The Morgan fingerprint density at radius 2 is 1.82 bits per heavy atom. The number of nitrogens with one attached hydrogen (secondary N) is 2. The highest BCUT2D eigenvalue weighted by Gasteiger charge is 2.17. The molecular weight excluding hydrogens is 454 g/mol. The van der Waals surface area contributed by atoms with E-state index in [1.165, 1.54) is 23.1 Å². The molecule has 0 saturated heterocycles. The summed E-state index contributed by atoms with van der Waals surface area (Å²) in [6.07, 6.45) is 0. The summed E-state index contributed by atoms with van der Waals surface area (Å²) < 4.78 is 0. The van der Waals surface area contributed by atoms with Gasteiger partial charge in [0, 0.05) is 21.7 Å². The number of anilines is 1. The fraction of sp³-hybridized carbons (Fsp3) is 0.200. The lowest BCUT2D eigenvalue weighted by Gasteiger charge is -2.12. The number of fused-ring (bicyclic) bond motifs is 1. The van der Waals surface area contributed by atoms with Crippen LogP contribution in [0.2, 0.25) is 0 Å². The Morgan fingerprint density at radius 3 is 2.58 bits per heavy atom. The minimum Gasteiger partial charge on any atom is -0.325 e. The average molecular weight is 478 g/mol. The third kappa shape index (κ3) is 5.07. The van der Waals surface area contributed by atoms with Crippen LogP contribution in [0.3, 0.4) is 0 Å². The lowest BCUT2D eigenvalue weighted by molar-refractivity contribution is -0.115. The maximum atomic E-state index is 12.7. The molecular formula is C25H23N3O3S2. The van der Waals surface area contributed by atoms with Crippen LogP contribution in [0, 0.1) is 13.8 Å². The van der Waals surface area contributed by atoms with E-state index in [0.717, 1.165) is 15.3 Å². The average Bonchev–Trinajstić information content (AvgIpc) is 3.11. The van der Waals surface area contributed by atoms with Crippen molar-refractivity contribution in [2.24, 2.45) is 0 Å². The zero-order valence-electron chi connectivity index (χ0n) is 18.5. The number of hydrogen-bond donors (Lipinski definition) is 2. The summed E-state index contributed by atoms with van der Waals surface area (Å²) in [6.45, 7) is 5.70. The molecule has 0 aliphatic heterocycles. The van der Waals surface area contributed by atoms with Gasteiger partial charge in [-0.2, -0.15) is 0 Å². The standard InChI is InChI=1S/C25H23N3O3S2/c1-14-15(2)33-25-21(14)24(31)27-20(28-25)13-32-16(3)23(30)26-19-11-7-10-18(12-19)22(29)17-8-5-4-6-9-17/h4-12,16H,13H2,1-3H3,(H,26,30)(H,27,28,31). The fourth-order valence-electron chi connectivity index (χ4n) is 3.39. The van der Waals surface area contributed by atoms with Crippen molar-refractivity contribution in [3.8, 4) is 0 Å². The first kappa shape index (κ1) is 22.9. The molecule has 0 fully saturated rings. The molecule has 0 bridgehead atoms. The Bertz CT molecular complexity index is 1390. The zero-order chi connectivity index (χ0) is 23.5. The van der Waals surface area contributed by atoms with Crippen molar-refractivity contribution in [3.05, 3.63) is 92.3 Å². The summed E-state index contributed by atoms with van der Waals surface area (Å²) >= 11 is 2.89. The van der Waals surface area contributed by atoms with Crippen LogP contribution >= 0.6 is 23.1 Å². The molecule has 4 aromatic rings. The number of thiophene rings is 1. The van der Waals surface area contributed by atoms with E-state index in [9.17, 15) is 14.4 Å². The normalized spacial score (nSPS) is 12.0. The van der Waals surface area contributed by atoms with E-state index >= 15 is 0 Å². The number of thioether (sulfide) groups is 1. The highest BCUT2D eigenvalue weighted by atomic mass is 32.2. The number of benzene rings is 2. The first-order valence-electron chi connectivity index (χ1n) is 10.4. The Balaban J connectivity index is 1.41. The Kier molecular flexibility index (Phi) is 6.76. The van der Waals surface area contributed by atoms with E-state index < -0.39 is 0 Å². The molecule has 4 rings (SSSR count). The molecule has 6 nitrogen and oxygen atoms in total. The summed E-state index contributed by atoms with van der Waals surface area (Å²) in [7, 11) is 0. The number of ketones is 1. The van der Waals surface area contributed by atoms with Crippen LogP contribution in [-0.4, -0.2) is 26.9 Å². The molecule has 0 aliphatic rings. The van der Waals surface area contributed by atoms with Crippen molar-refractivity contribution >= 4 is 50.7 Å². The molecule has 0 saturated carbocycles. The van der Waals surface area contributed by atoms with Crippen LogP contribution < -0.4 is 10.9 Å². The van der Waals surface area contributed by atoms with E-state index in [0.29, 0.717) is 33.8 Å². The molecule has 0 spiro atoms. The summed E-state index contributed by atoms with van der Waals surface area (Å²) in [5.74, 6) is 0.672. The number of rotatable bonds is 7. The van der Waals surface area contributed by atoms with Crippen molar-refractivity contribution in [3.63, 3.8) is 0 Å². The van der Waals surface area contributed by atoms with Crippen molar-refractivity contribution in [1.82, 2.24) is 9.97 Å². The van der Waals surface area contributed by atoms with Gasteiger partial charge < -0.3 is 10.3 Å². The number of carbonyl (C=O) groups excluding carboxylic acids is 2. The Hall–Kier alpha value is -3.23. The van der Waals surface area contributed by atoms with Crippen molar-refractivity contribution in [2.45, 2.75) is 31.8 Å². The molecule has 2 aromatic carbocycles. The highest BCUT2D eigenvalue weighted by molar-refractivity contribution is 7.99. The number of aryl methyl sites for hydroxylation is 2. The van der Waals surface area contributed by atoms with Gasteiger partial charge in [0.15, 0.2) is 5.78 Å². The summed E-state index contributed by atoms with van der Waals surface area (Å²) in [4.78, 5) is 47.0. The Labute approximate surface area is 199 Å². The quantitative estimate of drug-likeness (QED) is 0.362. The largest absolute Gasteiger partial charge is 0.325 e. The number of aromatic amines is 1. The van der Waals surface area contributed by atoms with Crippen molar-refractivity contribution in [2.75, 3.05) is 5.32 Å². The third-order valence-electron chi connectivity index (χ3n) is 5.36. The molecule has 2 N–H and O–H groups in total. The van der Waals surface area contributed by atoms with Gasteiger partial charge in [0.1, 0.15) is 10.7 Å². The van der Waals surface area contributed by atoms with Crippen molar-refractivity contribution in [1.29, 1.82) is 0 Å². The van der Waals surface area contributed by atoms with E-state index in [1.807, 2.05) is 32.0 Å². The Morgan fingerprint density at radius 1 is 1.09 bits per heavy atom. The van der Waals surface area contributed by atoms with Crippen LogP contribution in [-0.2, 0) is 10.5 Å². The summed E-state index contributed by atoms with van der Waals surface area (Å²) in [5.41, 5.74) is 2.49. The van der Waals surface area contributed by atoms with Gasteiger partial charge in [-0.05, 0) is 38.5 Å². The second-order valence-corrected chi connectivity index (χ2v) is 10.2. The minimum absolute atomic E-state index is 0.0985. The topological polar surface area (TPSA) is 91.9 Å². The monoisotopic (exact) mass is 477 g/mol. The number of amides is 1. The number of nitrogens with zero attached hydrogens (tertiary/aromatic N) is 1. The first-order valence-corrected chi connectivity index (χ1v) is 12.3. The van der Waals surface area contributed by atoms with Gasteiger partial charge in [-0.3, -0.25) is 14.4 Å². The smallest absolute Gasteiger partial charge is 0.259 e. The fourth-order valence-corrected chi connectivity index (χ4v) is 5.19. The minimum atomic E-state index is -0.383. The van der Waals surface area contributed by atoms with Gasteiger partial charge >= 0.3 is 0 Å². The maximum absolute atomic E-state index is 12.7. The number of aromatic nitrogens is 2. The molecule has 0 radical (unpaired) electrons. The first-order chi connectivity index (χ1) is 15.8. The molecule has 2 heterocycles. The van der Waals surface area contributed by atoms with E-state index in [1.54, 1.807) is 43.3 Å². The molecule has 1 atom stereocenters. The van der Waals surface area contributed by atoms with E-state index in [4.69, 9.17) is 0 Å². The van der Waals surface area contributed by atoms with Gasteiger partial charge in [0.2, 0.25) is 5.91 Å². The van der Waals surface area contributed by atoms with E-state index in [-0.39, 0.29) is 22.5 Å². The van der Waals surface area contributed by atoms with Gasteiger partial charge in [0.05, 0.1) is 16.4 Å². The molecule has 8 heteroatoms. The van der Waals surface area contributed by atoms with E-state index in [2.05, 4.69) is 15.3 Å². The number of H-pyrrole nitrogens is 1. The molecule has 168 valence electrons. The molecule has 1 amide bonds. The number of carbonyl (C=O) groups is 2. The summed E-state index contributed by atoms with van der Waals surface area (Å²) in [5, 5.41) is 3.13. The van der Waals surface area contributed by atoms with Crippen LogP contribution in [0.5, 0.6) is 0 Å². The van der Waals surface area contributed by atoms with Gasteiger partial charge in [-0.1, -0.05) is 42.5 Å². The number of hydrogen-bond acceptors (Lipinski definition) is 6. The summed E-state index contributed by atoms with van der Waals surface area (Å²) in [6, 6.07) is 15.9. The lowest BCUT2D eigenvalue weighted by Crippen LogP contribution is -2.23. The molecule has 0 aliphatic carbocycles. The van der Waals surface area contributed by atoms with Crippen LogP contribution in [0.15, 0.2) is 59.4 Å². The third-order valence-corrected chi connectivity index (χ3v) is 7.61. The molecule has 33 heavy (non-hydrogen) atoms. The molecule has 2 aromatic heterocycles. The van der Waals surface area contributed by atoms with Gasteiger partial charge in [-0.25, -0.2) is 4.98 Å². The van der Waals surface area contributed by atoms with Crippen LogP contribution in [0.1, 0.15) is 39.1 Å². The second kappa shape index (κ2) is 9.72. The predicted molar refractivity (Wildman–Crippen MR) is 135 cm³/mol. The SMILES string of the molecule is Cc1sc2nc(CSC(C)C(=O)Nc3cccc(C(=O)c4ccccc4)c3)[nH]c(=O)c2c1C. The van der Waals surface area contributed by atoms with Crippen molar-refractivity contribution < 1.29 is 9.59 Å². The maximum Gasteiger partial charge on any atom is 0.259 e. The molecule has 1 unspecified atom stereocenters. The lowest BCUT2D eigenvalue weighted by atomic mass is 10.0. The zero-order valence-corrected chi connectivity index (χ0v) is 20.1. The van der Waals surface area contributed by atoms with Gasteiger partial charge in [0.25, 0.3) is 5.56 Å². The highest BCUT2D eigenvalue weighted by Crippen LogP contribution is 2.26. The second-order valence-electron chi connectivity index (χ2n) is 7.69. The predicted octanol–water partition coefficient (Wildman–Crippen LogP) is 5.09.